The van der Waals surface area contributed by atoms with Gasteiger partial charge in [0, 0.05) is 18.1 Å². The van der Waals surface area contributed by atoms with Crippen molar-refractivity contribution in [1.82, 2.24) is 4.98 Å². The van der Waals surface area contributed by atoms with E-state index in [0.29, 0.717) is 13.0 Å². The SMILES string of the molecule is O=C(Cc1cccnc1)N(Cc1ccccc1)c1ccccc1. The summed E-state index contributed by atoms with van der Waals surface area (Å²) in [5.41, 5.74) is 2.94. The summed E-state index contributed by atoms with van der Waals surface area (Å²) >= 11 is 0. The summed E-state index contributed by atoms with van der Waals surface area (Å²) in [6.07, 6.45) is 3.80. The predicted molar refractivity (Wildman–Crippen MR) is 92.0 cm³/mol. The molecule has 0 fully saturated rings. The molecule has 2 aromatic carbocycles. The Labute approximate surface area is 136 Å². The zero-order valence-electron chi connectivity index (χ0n) is 12.8. The molecule has 23 heavy (non-hydrogen) atoms. The summed E-state index contributed by atoms with van der Waals surface area (Å²) in [5.74, 6) is 0.0630. The summed E-state index contributed by atoms with van der Waals surface area (Å²) in [5, 5.41) is 0. The lowest BCUT2D eigenvalue weighted by molar-refractivity contribution is -0.118. The highest BCUT2D eigenvalue weighted by Crippen LogP contribution is 2.18. The molecule has 1 amide bonds. The first-order chi connectivity index (χ1) is 11.3. The standard InChI is InChI=1S/C20H18N2O/c23-20(14-18-10-7-13-21-15-18)22(19-11-5-2-6-12-19)16-17-8-3-1-4-9-17/h1-13,15H,14,16H2. The maximum absolute atomic E-state index is 12.8. The molecule has 0 bridgehead atoms. The van der Waals surface area contributed by atoms with Gasteiger partial charge in [-0.2, -0.15) is 0 Å². The number of pyridine rings is 1. The van der Waals surface area contributed by atoms with Gasteiger partial charge in [0.15, 0.2) is 0 Å². The Kier molecular flexibility index (Phi) is 4.79. The quantitative estimate of drug-likeness (QED) is 0.717. The van der Waals surface area contributed by atoms with Gasteiger partial charge in [0.1, 0.15) is 0 Å². The third-order valence-corrected chi connectivity index (χ3v) is 3.63. The van der Waals surface area contributed by atoms with E-state index in [9.17, 15) is 4.79 Å². The van der Waals surface area contributed by atoms with E-state index < -0.39 is 0 Å². The van der Waals surface area contributed by atoms with E-state index in [1.807, 2.05) is 77.7 Å². The number of amides is 1. The molecule has 0 aliphatic rings. The minimum absolute atomic E-state index is 0.0630. The molecule has 114 valence electrons. The van der Waals surface area contributed by atoms with E-state index in [-0.39, 0.29) is 5.91 Å². The van der Waals surface area contributed by atoms with Crippen molar-refractivity contribution >= 4 is 11.6 Å². The molecule has 1 aromatic heterocycles. The Hall–Kier alpha value is -2.94. The molecule has 1 heterocycles. The zero-order chi connectivity index (χ0) is 15.9. The van der Waals surface area contributed by atoms with Gasteiger partial charge in [0.2, 0.25) is 5.91 Å². The molecule has 0 spiro atoms. The third kappa shape index (κ3) is 4.04. The molecule has 3 heteroatoms. The van der Waals surface area contributed by atoms with Crippen molar-refractivity contribution in [2.45, 2.75) is 13.0 Å². The Morgan fingerprint density at radius 1 is 0.826 bits per heavy atom. The van der Waals surface area contributed by atoms with Crippen LogP contribution in [0.25, 0.3) is 0 Å². The first-order valence-corrected chi connectivity index (χ1v) is 7.61. The normalized spacial score (nSPS) is 10.3. The van der Waals surface area contributed by atoms with Crippen molar-refractivity contribution in [3.63, 3.8) is 0 Å². The monoisotopic (exact) mass is 302 g/mol. The molecule has 0 unspecified atom stereocenters. The maximum atomic E-state index is 12.8. The number of anilines is 1. The number of hydrogen-bond acceptors (Lipinski definition) is 2. The van der Waals surface area contributed by atoms with E-state index in [2.05, 4.69) is 4.98 Å². The van der Waals surface area contributed by atoms with Gasteiger partial charge >= 0.3 is 0 Å². The van der Waals surface area contributed by atoms with Gasteiger partial charge < -0.3 is 4.90 Å². The maximum Gasteiger partial charge on any atom is 0.231 e. The number of benzene rings is 2. The third-order valence-electron chi connectivity index (χ3n) is 3.63. The van der Waals surface area contributed by atoms with Crippen LogP contribution >= 0.6 is 0 Å². The predicted octanol–water partition coefficient (Wildman–Crippen LogP) is 3.86. The van der Waals surface area contributed by atoms with Crippen molar-refractivity contribution in [2.24, 2.45) is 0 Å². The topological polar surface area (TPSA) is 33.2 Å². The van der Waals surface area contributed by atoms with Gasteiger partial charge in [-0.3, -0.25) is 9.78 Å². The number of carbonyl (C=O) groups excluding carboxylic acids is 1. The van der Waals surface area contributed by atoms with E-state index in [1.165, 1.54) is 0 Å². The fraction of sp³-hybridized carbons (Fsp3) is 0.100. The largest absolute Gasteiger partial charge is 0.308 e. The average Bonchev–Trinajstić information content (AvgIpc) is 2.62. The van der Waals surface area contributed by atoms with Crippen molar-refractivity contribution in [3.05, 3.63) is 96.3 Å². The van der Waals surface area contributed by atoms with Crippen LogP contribution in [-0.4, -0.2) is 10.9 Å². The first kappa shape index (κ1) is 15.0. The first-order valence-electron chi connectivity index (χ1n) is 7.61. The van der Waals surface area contributed by atoms with Crippen LogP contribution in [0.2, 0.25) is 0 Å². The highest BCUT2D eigenvalue weighted by atomic mass is 16.2. The fourth-order valence-corrected chi connectivity index (χ4v) is 2.47. The molecule has 3 aromatic rings. The van der Waals surface area contributed by atoms with E-state index >= 15 is 0 Å². The van der Waals surface area contributed by atoms with Crippen molar-refractivity contribution in [2.75, 3.05) is 4.90 Å². The number of carbonyl (C=O) groups is 1. The number of rotatable bonds is 5. The summed E-state index contributed by atoms with van der Waals surface area (Å²) in [7, 11) is 0. The lowest BCUT2D eigenvalue weighted by Gasteiger charge is -2.23. The van der Waals surface area contributed by atoms with Gasteiger partial charge in [-0.25, -0.2) is 0 Å². The molecule has 0 aliphatic heterocycles. The molecule has 0 N–H and O–H groups in total. The molecule has 0 saturated heterocycles. The lowest BCUT2D eigenvalue weighted by atomic mass is 10.1. The summed E-state index contributed by atoms with van der Waals surface area (Å²) in [6.45, 7) is 0.559. The smallest absolute Gasteiger partial charge is 0.231 e. The molecule has 0 radical (unpaired) electrons. The van der Waals surface area contributed by atoms with Gasteiger partial charge in [-0.05, 0) is 29.3 Å². The van der Waals surface area contributed by atoms with Gasteiger partial charge in [0.05, 0.1) is 13.0 Å². The summed E-state index contributed by atoms with van der Waals surface area (Å²) < 4.78 is 0. The van der Waals surface area contributed by atoms with Crippen LogP contribution in [0.5, 0.6) is 0 Å². The van der Waals surface area contributed by atoms with Crippen LogP contribution in [0.4, 0.5) is 5.69 Å². The minimum atomic E-state index is 0.0630. The van der Waals surface area contributed by atoms with Crippen LogP contribution in [0, 0.1) is 0 Å². The Bertz CT molecular complexity index is 742. The second-order valence-electron chi connectivity index (χ2n) is 5.34. The molecular weight excluding hydrogens is 284 g/mol. The number of hydrogen-bond donors (Lipinski definition) is 0. The lowest BCUT2D eigenvalue weighted by Crippen LogP contribution is -2.31. The van der Waals surface area contributed by atoms with Crippen LogP contribution in [0.1, 0.15) is 11.1 Å². The minimum Gasteiger partial charge on any atom is -0.308 e. The fourth-order valence-electron chi connectivity index (χ4n) is 2.47. The average molecular weight is 302 g/mol. The highest BCUT2D eigenvalue weighted by molar-refractivity contribution is 5.94. The zero-order valence-corrected chi connectivity index (χ0v) is 12.8. The Morgan fingerprint density at radius 3 is 2.13 bits per heavy atom. The molecule has 0 atom stereocenters. The van der Waals surface area contributed by atoms with Crippen LogP contribution in [-0.2, 0) is 17.8 Å². The molecule has 0 aliphatic carbocycles. The van der Waals surface area contributed by atoms with Gasteiger partial charge in [0.25, 0.3) is 0 Å². The highest BCUT2D eigenvalue weighted by Gasteiger charge is 2.16. The summed E-state index contributed by atoms with van der Waals surface area (Å²) in [4.78, 5) is 18.7. The number of aromatic nitrogens is 1. The Balaban J connectivity index is 1.84. The number of para-hydroxylation sites is 1. The Morgan fingerprint density at radius 2 is 1.48 bits per heavy atom. The van der Waals surface area contributed by atoms with E-state index in [4.69, 9.17) is 0 Å². The second kappa shape index (κ2) is 7.36. The van der Waals surface area contributed by atoms with Crippen LogP contribution in [0.15, 0.2) is 85.2 Å². The van der Waals surface area contributed by atoms with Crippen molar-refractivity contribution in [1.29, 1.82) is 0 Å². The van der Waals surface area contributed by atoms with E-state index in [1.54, 1.807) is 12.4 Å². The number of nitrogens with zero attached hydrogens (tertiary/aromatic N) is 2. The summed E-state index contributed by atoms with van der Waals surface area (Å²) in [6, 6.07) is 23.6. The molecule has 3 rings (SSSR count). The molecule has 3 nitrogen and oxygen atoms in total. The van der Waals surface area contributed by atoms with Gasteiger partial charge in [-0.1, -0.05) is 54.6 Å². The van der Waals surface area contributed by atoms with Crippen LogP contribution in [0.3, 0.4) is 0 Å². The van der Waals surface area contributed by atoms with Crippen molar-refractivity contribution in [3.8, 4) is 0 Å². The van der Waals surface area contributed by atoms with E-state index in [0.717, 1.165) is 16.8 Å². The van der Waals surface area contributed by atoms with Crippen molar-refractivity contribution < 1.29 is 4.79 Å². The molecule has 0 saturated carbocycles. The van der Waals surface area contributed by atoms with Crippen LogP contribution < -0.4 is 4.90 Å². The van der Waals surface area contributed by atoms with Gasteiger partial charge in [-0.15, -0.1) is 0 Å². The second-order valence-corrected chi connectivity index (χ2v) is 5.34. The molecular formula is C20H18N2O.